The van der Waals surface area contributed by atoms with Crippen molar-refractivity contribution in [3.63, 3.8) is 0 Å². The Labute approximate surface area is 174 Å². The molecule has 4 nitrogen and oxygen atoms in total. The number of nitrogens with zero attached hydrogens (tertiary/aromatic N) is 2. The van der Waals surface area contributed by atoms with Crippen LogP contribution in [-0.4, -0.2) is 11.0 Å². The smallest absolute Gasteiger partial charge is 0.351 e. The van der Waals surface area contributed by atoms with E-state index < -0.39 is 22.8 Å². The first kappa shape index (κ1) is 21.0. The van der Waals surface area contributed by atoms with E-state index in [0.717, 1.165) is 28.2 Å². The van der Waals surface area contributed by atoms with E-state index in [4.69, 9.17) is 28.9 Å². The van der Waals surface area contributed by atoms with Crippen molar-refractivity contribution in [3.8, 4) is 11.1 Å². The van der Waals surface area contributed by atoms with Crippen molar-refractivity contribution in [1.82, 2.24) is 4.98 Å². The number of halogens is 5. The number of benzene rings is 2. The summed E-state index contributed by atoms with van der Waals surface area (Å²) in [5, 5.41) is -0.101. The molecule has 29 heavy (non-hydrogen) atoms. The Morgan fingerprint density at radius 2 is 1.79 bits per heavy atom. The molecule has 0 aliphatic heterocycles. The van der Waals surface area contributed by atoms with E-state index in [0.29, 0.717) is 10.7 Å². The molecule has 1 aromatic heterocycles. The second-order valence-corrected chi connectivity index (χ2v) is 6.95. The molecule has 0 saturated carbocycles. The number of hydrogen-bond donors (Lipinski definition) is 1. The van der Waals surface area contributed by atoms with Crippen molar-refractivity contribution in [1.29, 1.82) is 0 Å². The average Bonchev–Trinajstić information content (AvgIpc) is 2.66. The highest BCUT2D eigenvalue weighted by Crippen LogP contribution is 2.37. The average molecular weight is 440 g/mol. The quantitative estimate of drug-likeness (QED) is 0.494. The zero-order valence-electron chi connectivity index (χ0n) is 14.8. The molecule has 0 saturated heterocycles. The molecule has 1 heterocycles. The fourth-order valence-electron chi connectivity index (χ4n) is 2.77. The first-order chi connectivity index (χ1) is 13.6. The van der Waals surface area contributed by atoms with Crippen molar-refractivity contribution >= 4 is 34.9 Å². The van der Waals surface area contributed by atoms with Gasteiger partial charge in [-0.3, -0.25) is 4.90 Å². The molecule has 9 heteroatoms. The van der Waals surface area contributed by atoms with Gasteiger partial charge in [-0.1, -0.05) is 41.4 Å². The SMILES string of the molecule is NC(=O)N(Cc1cccc(-c2ccc(Cl)nc2)c1)c1ccc(Cl)c(C(F)(F)F)c1. The van der Waals surface area contributed by atoms with Crippen LogP contribution in [0.3, 0.4) is 0 Å². The van der Waals surface area contributed by atoms with Gasteiger partial charge in [-0.15, -0.1) is 0 Å². The van der Waals surface area contributed by atoms with Gasteiger partial charge in [0.25, 0.3) is 0 Å². The molecule has 0 radical (unpaired) electrons. The highest BCUT2D eigenvalue weighted by atomic mass is 35.5. The molecule has 0 fully saturated rings. The lowest BCUT2D eigenvalue weighted by Crippen LogP contribution is -2.35. The number of pyridine rings is 1. The Hall–Kier alpha value is -2.77. The number of aromatic nitrogens is 1. The minimum Gasteiger partial charge on any atom is -0.351 e. The number of carbonyl (C=O) groups excluding carboxylic acids is 1. The number of rotatable bonds is 4. The van der Waals surface area contributed by atoms with Crippen LogP contribution in [-0.2, 0) is 12.7 Å². The van der Waals surface area contributed by atoms with Gasteiger partial charge in [0.15, 0.2) is 0 Å². The number of carbonyl (C=O) groups is 1. The van der Waals surface area contributed by atoms with Crippen LogP contribution in [0.1, 0.15) is 11.1 Å². The first-order valence-electron chi connectivity index (χ1n) is 8.30. The van der Waals surface area contributed by atoms with E-state index in [1.165, 1.54) is 6.07 Å². The van der Waals surface area contributed by atoms with E-state index in [-0.39, 0.29) is 12.2 Å². The number of anilines is 1. The van der Waals surface area contributed by atoms with Gasteiger partial charge in [0.2, 0.25) is 0 Å². The van der Waals surface area contributed by atoms with E-state index in [9.17, 15) is 18.0 Å². The van der Waals surface area contributed by atoms with Gasteiger partial charge < -0.3 is 5.73 Å². The molecule has 0 spiro atoms. The molecule has 2 N–H and O–H groups in total. The largest absolute Gasteiger partial charge is 0.417 e. The minimum absolute atomic E-state index is 0.00668. The fraction of sp³-hybridized carbons (Fsp3) is 0.100. The third-order valence-corrected chi connectivity index (χ3v) is 4.71. The van der Waals surface area contributed by atoms with E-state index in [1.807, 2.05) is 6.07 Å². The summed E-state index contributed by atoms with van der Waals surface area (Å²) in [6.07, 6.45) is -3.06. The number of primary amides is 1. The van der Waals surface area contributed by atoms with Gasteiger partial charge in [-0.25, -0.2) is 9.78 Å². The summed E-state index contributed by atoms with van der Waals surface area (Å²) in [5.74, 6) is 0. The Kier molecular flexibility index (Phi) is 6.00. The summed E-state index contributed by atoms with van der Waals surface area (Å²) in [5.41, 5.74) is 6.66. The lowest BCUT2D eigenvalue weighted by atomic mass is 10.0. The second kappa shape index (κ2) is 8.31. The molecule has 0 aliphatic carbocycles. The minimum atomic E-state index is -4.65. The lowest BCUT2D eigenvalue weighted by molar-refractivity contribution is -0.137. The van der Waals surface area contributed by atoms with Gasteiger partial charge in [-0.2, -0.15) is 13.2 Å². The van der Waals surface area contributed by atoms with Crippen molar-refractivity contribution in [2.24, 2.45) is 5.73 Å². The van der Waals surface area contributed by atoms with Gasteiger partial charge in [0.1, 0.15) is 5.15 Å². The monoisotopic (exact) mass is 439 g/mol. The van der Waals surface area contributed by atoms with Crippen molar-refractivity contribution in [2.75, 3.05) is 4.90 Å². The topological polar surface area (TPSA) is 59.2 Å². The first-order valence-corrected chi connectivity index (χ1v) is 9.05. The molecule has 3 rings (SSSR count). The van der Waals surface area contributed by atoms with Gasteiger partial charge in [-0.05, 0) is 47.5 Å². The molecule has 0 atom stereocenters. The van der Waals surface area contributed by atoms with Crippen LogP contribution >= 0.6 is 23.2 Å². The molecule has 2 amide bonds. The summed E-state index contributed by atoms with van der Waals surface area (Å²) >= 11 is 11.5. The standard InChI is InChI=1S/C20H14Cl2F3N3O/c21-17-6-5-15(9-16(17)20(23,24)25)28(19(26)29)11-12-2-1-3-13(8-12)14-4-7-18(22)27-10-14/h1-10H,11H2,(H2,26,29). The van der Waals surface area contributed by atoms with Crippen molar-refractivity contribution < 1.29 is 18.0 Å². The maximum absolute atomic E-state index is 13.2. The Balaban J connectivity index is 1.94. The van der Waals surface area contributed by atoms with E-state index in [1.54, 1.807) is 36.5 Å². The number of urea groups is 1. The van der Waals surface area contributed by atoms with Crippen LogP contribution in [0.5, 0.6) is 0 Å². The number of amides is 2. The van der Waals surface area contributed by atoms with Crippen LogP contribution in [0, 0.1) is 0 Å². The van der Waals surface area contributed by atoms with E-state index in [2.05, 4.69) is 4.98 Å². The number of nitrogens with two attached hydrogens (primary N) is 1. The summed E-state index contributed by atoms with van der Waals surface area (Å²) in [6, 6.07) is 12.9. The van der Waals surface area contributed by atoms with Crippen LogP contribution in [0.15, 0.2) is 60.8 Å². The maximum Gasteiger partial charge on any atom is 0.417 e. The highest BCUT2D eigenvalue weighted by Gasteiger charge is 2.34. The molecular weight excluding hydrogens is 426 g/mol. The summed E-state index contributed by atoms with van der Waals surface area (Å²) < 4.78 is 39.5. The summed E-state index contributed by atoms with van der Waals surface area (Å²) in [7, 11) is 0. The zero-order chi connectivity index (χ0) is 21.2. The zero-order valence-corrected chi connectivity index (χ0v) is 16.3. The van der Waals surface area contributed by atoms with Crippen molar-refractivity contribution in [3.05, 3.63) is 82.1 Å². The maximum atomic E-state index is 13.2. The normalized spacial score (nSPS) is 11.3. The third-order valence-electron chi connectivity index (χ3n) is 4.16. The van der Waals surface area contributed by atoms with Gasteiger partial charge >= 0.3 is 12.2 Å². The molecular formula is C20H14Cl2F3N3O. The molecule has 150 valence electrons. The highest BCUT2D eigenvalue weighted by molar-refractivity contribution is 6.31. The lowest BCUT2D eigenvalue weighted by Gasteiger charge is -2.22. The molecule has 0 aliphatic rings. The van der Waals surface area contributed by atoms with E-state index >= 15 is 0 Å². The molecule has 2 aromatic carbocycles. The molecule has 0 unspecified atom stereocenters. The van der Waals surface area contributed by atoms with Crippen LogP contribution in [0.2, 0.25) is 10.2 Å². The third kappa shape index (κ3) is 4.99. The number of alkyl halides is 3. The Morgan fingerprint density at radius 3 is 2.41 bits per heavy atom. The Morgan fingerprint density at radius 1 is 1.03 bits per heavy atom. The molecule has 3 aromatic rings. The fourth-order valence-corrected chi connectivity index (χ4v) is 3.11. The second-order valence-electron chi connectivity index (χ2n) is 6.16. The van der Waals surface area contributed by atoms with Gasteiger partial charge in [0, 0.05) is 17.4 Å². The predicted octanol–water partition coefficient (Wildman–Crippen LogP) is 6.16. The number of hydrogen-bond acceptors (Lipinski definition) is 2. The summed E-state index contributed by atoms with van der Waals surface area (Å²) in [6.45, 7) is -0.0247. The van der Waals surface area contributed by atoms with Crippen molar-refractivity contribution in [2.45, 2.75) is 12.7 Å². The molecule has 0 bridgehead atoms. The van der Waals surface area contributed by atoms with Crippen LogP contribution < -0.4 is 10.6 Å². The summed E-state index contributed by atoms with van der Waals surface area (Å²) in [4.78, 5) is 17.0. The predicted molar refractivity (Wildman–Crippen MR) is 107 cm³/mol. The van der Waals surface area contributed by atoms with Crippen LogP contribution in [0.25, 0.3) is 11.1 Å². The Bertz CT molecular complexity index is 1040. The van der Waals surface area contributed by atoms with Crippen LogP contribution in [0.4, 0.5) is 23.7 Å². The van der Waals surface area contributed by atoms with Gasteiger partial charge in [0.05, 0.1) is 17.1 Å².